The van der Waals surface area contributed by atoms with Crippen LogP contribution in [0.25, 0.3) is 0 Å². The third-order valence-electron chi connectivity index (χ3n) is 3.68. The number of piperidine rings is 1. The van der Waals surface area contributed by atoms with Gasteiger partial charge in [0, 0.05) is 18.2 Å². The molecule has 0 aromatic heterocycles. The van der Waals surface area contributed by atoms with Crippen molar-refractivity contribution < 1.29 is 9.18 Å². The summed E-state index contributed by atoms with van der Waals surface area (Å²) in [6, 6.07) is 5.21. The second kappa shape index (κ2) is 4.52. The molecular formula is C13H14ClFN2O. The Hall–Kier alpha value is -1.13. The molecule has 1 aliphatic heterocycles. The number of rotatable bonds is 3. The van der Waals surface area contributed by atoms with E-state index in [0.717, 1.165) is 6.42 Å². The van der Waals surface area contributed by atoms with Gasteiger partial charge >= 0.3 is 0 Å². The normalized spacial score (nSPS) is 28.9. The van der Waals surface area contributed by atoms with E-state index in [1.165, 1.54) is 12.5 Å². The number of fused-ring (bicyclic) bond motifs is 1. The maximum atomic E-state index is 13.6. The van der Waals surface area contributed by atoms with Crippen molar-refractivity contribution in [3.05, 3.63) is 34.6 Å². The molecule has 1 saturated carbocycles. The van der Waals surface area contributed by atoms with Gasteiger partial charge in [0.1, 0.15) is 5.82 Å². The van der Waals surface area contributed by atoms with E-state index in [0.29, 0.717) is 17.5 Å². The van der Waals surface area contributed by atoms with E-state index in [1.807, 2.05) is 0 Å². The highest BCUT2D eigenvalue weighted by Gasteiger charge is 2.47. The van der Waals surface area contributed by atoms with E-state index >= 15 is 0 Å². The molecule has 96 valence electrons. The van der Waals surface area contributed by atoms with Gasteiger partial charge in [0.15, 0.2) is 0 Å². The second-order valence-electron chi connectivity index (χ2n) is 4.99. The summed E-state index contributed by atoms with van der Waals surface area (Å²) in [5.41, 5.74) is 0.416. The second-order valence-corrected chi connectivity index (χ2v) is 5.40. The van der Waals surface area contributed by atoms with Crippen molar-refractivity contribution >= 4 is 17.5 Å². The molecule has 5 heteroatoms. The summed E-state index contributed by atoms with van der Waals surface area (Å²) in [7, 11) is 0. The Morgan fingerprint density at radius 2 is 2.33 bits per heavy atom. The zero-order valence-electron chi connectivity index (χ0n) is 9.75. The molecule has 3 nitrogen and oxygen atoms in total. The van der Waals surface area contributed by atoms with Crippen molar-refractivity contribution in [2.45, 2.75) is 31.5 Å². The van der Waals surface area contributed by atoms with Crippen LogP contribution in [0.4, 0.5) is 4.39 Å². The third kappa shape index (κ3) is 2.22. The average molecular weight is 269 g/mol. The lowest BCUT2D eigenvalue weighted by molar-refractivity contribution is -0.123. The molecule has 2 aliphatic rings. The van der Waals surface area contributed by atoms with E-state index < -0.39 is 5.82 Å². The highest BCUT2D eigenvalue weighted by atomic mass is 35.5. The first-order valence-corrected chi connectivity index (χ1v) is 6.49. The lowest BCUT2D eigenvalue weighted by Crippen LogP contribution is -2.41. The minimum absolute atomic E-state index is 0.0541. The molecule has 1 heterocycles. The SMILES string of the molecule is O=C(NCc1cccc(Cl)c1F)[C@@H]1C[C@@H]2C[C@@H]2N1. The van der Waals surface area contributed by atoms with Crippen molar-refractivity contribution in [2.75, 3.05) is 0 Å². The molecule has 0 spiro atoms. The Morgan fingerprint density at radius 3 is 3.06 bits per heavy atom. The maximum Gasteiger partial charge on any atom is 0.237 e. The fourth-order valence-corrected chi connectivity index (χ4v) is 2.71. The van der Waals surface area contributed by atoms with Gasteiger partial charge in [0.25, 0.3) is 0 Å². The number of halogens is 2. The van der Waals surface area contributed by atoms with Crippen LogP contribution in [-0.4, -0.2) is 18.0 Å². The number of carbonyl (C=O) groups is 1. The first-order chi connectivity index (χ1) is 8.65. The van der Waals surface area contributed by atoms with E-state index in [9.17, 15) is 9.18 Å². The van der Waals surface area contributed by atoms with Gasteiger partial charge in [-0.15, -0.1) is 0 Å². The van der Waals surface area contributed by atoms with E-state index in [4.69, 9.17) is 11.6 Å². The molecule has 2 N–H and O–H groups in total. The molecule has 0 radical (unpaired) electrons. The molecule has 3 atom stereocenters. The summed E-state index contributed by atoms with van der Waals surface area (Å²) >= 11 is 5.68. The number of hydrogen-bond acceptors (Lipinski definition) is 2. The largest absolute Gasteiger partial charge is 0.351 e. The zero-order valence-corrected chi connectivity index (χ0v) is 10.5. The van der Waals surface area contributed by atoms with Crippen LogP contribution in [0.2, 0.25) is 5.02 Å². The van der Waals surface area contributed by atoms with Crippen LogP contribution >= 0.6 is 11.6 Å². The van der Waals surface area contributed by atoms with Crippen molar-refractivity contribution in [1.29, 1.82) is 0 Å². The molecule has 3 rings (SSSR count). The Kier molecular flexibility index (Phi) is 2.99. The summed E-state index contributed by atoms with van der Waals surface area (Å²) < 4.78 is 13.6. The fourth-order valence-electron chi connectivity index (χ4n) is 2.51. The Morgan fingerprint density at radius 1 is 1.50 bits per heavy atom. The number of carbonyl (C=O) groups excluding carboxylic acids is 1. The highest BCUT2D eigenvalue weighted by molar-refractivity contribution is 6.30. The fraction of sp³-hybridized carbons (Fsp3) is 0.462. The van der Waals surface area contributed by atoms with Crippen molar-refractivity contribution in [2.24, 2.45) is 5.92 Å². The summed E-state index contributed by atoms with van der Waals surface area (Å²) in [4.78, 5) is 11.9. The first-order valence-electron chi connectivity index (χ1n) is 6.12. The Bertz CT molecular complexity index is 484. The minimum atomic E-state index is -0.457. The molecule has 0 unspecified atom stereocenters. The van der Waals surface area contributed by atoms with Gasteiger partial charge in [0.05, 0.1) is 11.1 Å². The summed E-state index contributed by atoms with van der Waals surface area (Å²) in [6.07, 6.45) is 2.08. The van der Waals surface area contributed by atoms with Gasteiger partial charge in [-0.25, -0.2) is 4.39 Å². The molecule has 1 aliphatic carbocycles. The molecule has 1 aromatic carbocycles. The summed E-state index contributed by atoms with van der Waals surface area (Å²) in [5, 5.41) is 6.09. The van der Waals surface area contributed by atoms with Gasteiger partial charge < -0.3 is 10.6 Å². The standard InChI is InChI=1S/C13H14ClFN2O/c14-9-3-1-2-7(12(9)15)6-16-13(18)11-5-8-4-10(8)17-11/h1-3,8,10-11,17H,4-6H2,(H,16,18)/t8-,10-,11-/m0/s1. The Labute approximate surface area is 110 Å². The van der Waals surface area contributed by atoms with E-state index in [2.05, 4.69) is 10.6 Å². The van der Waals surface area contributed by atoms with Crippen molar-refractivity contribution in [3.63, 3.8) is 0 Å². The van der Waals surface area contributed by atoms with Gasteiger partial charge in [-0.05, 0) is 24.8 Å². The van der Waals surface area contributed by atoms with Crippen LogP contribution in [0.15, 0.2) is 18.2 Å². The molecule has 2 fully saturated rings. The highest BCUT2D eigenvalue weighted by Crippen LogP contribution is 2.40. The lowest BCUT2D eigenvalue weighted by Gasteiger charge is -2.13. The summed E-state index contributed by atoms with van der Waals surface area (Å²) in [5.74, 6) is 0.159. The van der Waals surface area contributed by atoms with Gasteiger partial charge in [0.2, 0.25) is 5.91 Å². The molecular weight excluding hydrogens is 255 g/mol. The van der Waals surface area contributed by atoms with Gasteiger partial charge in [-0.3, -0.25) is 4.79 Å². The van der Waals surface area contributed by atoms with Gasteiger partial charge in [-0.1, -0.05) is 23.7 Å². The van der Waals surface area contributed by atoms with Crippen LogP contribution < -0.4 is 10.6 Å². The Balaban J connectivity index is 1.57. The summed E-state index contributed by atoms with van der Waals surface area (Å²) in [6.45, 7) is 0.179. The van der Waals surface area contributed by atoms with Crippen LogP contribution in [0, 0.1) is 11.7 Å². The molecule has 0 bridgehead atoms. The predicted molar refractivity (Wildman–Crippen MR) is 66.7 cm³/mol. The first kappa shape index (κ1) is 11.9. The monoisotopic (exact) mass is 268 g/mol. The van der Waals surface area contributed by atoms with Crippen LogP contribution in [0.5, 0.6) is 0 Å². The number of benzene rings is 1. The third-order valence-corrected chi connectivity index (χ3v) is 3.97. The van der Waals surface area contributed by atoms with E-state index in [1.54, 1.807) is 12.1 Å². The van der Waals surface area contributed by atoms with Gasteiger partial charge in [-0.2, -0.15) is 0 Å². The number of hydrogen-bond donors (Lipinski definition) is 2. The van der Waals surface area contributed by atoms with E-state index in [-0.39, 0.29) is 23.5 Å². The number of amides is 1. The smallest absolute Gasteiger partial charge is 0.237 e. The molecule has 1 aromatic rings. The zero-order chi connectivity index (χ0) is 12.7. The molecule has 1 saturated heterocycles. The average Bonchev–Trinajstić information content (AvgIpc) is 2.97. The van der Waals surface area contributed by atoms with Crippen molar-refractivity contribution in [1.82, 2.24) is 10.6 Å². The maximum absolute atomic E-state index is 13.6. The predicted octanol–water partition coefficient (Wildman–Crippen LogP) is 1.85. The van der Waals surface area contributed by atoms with Crippen molar-refractivity contribution in [3.8, 4) is 0 Å². The quantitative estimate of drug-likeness (QED) is 0.878. The minimum Gasteiger partial charge on any atom is -0.351 e. The van der Waals surface area contributed by atoms with Crippen LogP contribution in [0.3, 0.4) is 0 Å². The van der Waals surface area contributed by atoms with Crippen LogP contribution in [0.1, 0.15) is 18.4 Å². The van der Waals surface area contributed by atoms with Crippen LogP contribution in [-0.2, 0) is 11.3 Å². The topological polar surface area (TPSA) is 41.1 Å². The lowest BCUT2D eigenvalue weighted by atomic mass is 10.1. The number of nitrogens with one attached hydrogen (secondary N) is 2. The molecule has 18 heavy (non-hydrogen) atoms. The molecule has 1 amide bonds.